The van der Waals surface area contributed by atoms with Crippen molar-refractivity contribution in [2.45, 2.75) is 12.5 Å². The number of rotatable bonds is 2. The Balaban J connectivity index is 1.62. The zero-order valence-electron chi connectivity index (χ0n) is 11.8. The molecule has 0 radical (unpaired) electrons. The smallest absolute Gasteiger partial charge is 0.255 e. The molecule has 4 nitrogen and oxygen atoms in total. The van der Waals surface area contributed by atoms with E-state index in [1.807, 2.05) is 4.90 Å². The van der Waals surface area contributed by atoms with Gasteiger partial charge in [-0.25, -0.2) is 0 Å². The first kappa shape index (κ1) is 15.3. The van der Waals surface area contributed by atoms with Crippen molar-refractivity contribution in [2.75, 3.05) is 39.3 Å². The van der Waals surface area contributed by atoms with E-state index >= 15 is 0 Å². The van der Waals surface area contributed by atoms with Crippen LogP contribution in [-0.2, 0) is 0 Å². The van der Waals surface area contributed by atoms with Crippen molar-refractivity contribution in [3.05, 3.63) is 33.3 Å². The zero-order chi connectivity index (χ0) is 14.8. The molecule has 21 heavy (non-hydrogen) atoms. The van der Waals surface area contributed by atoms with Crippen molar-refractivity contribution in [3.8, 4) is 0 Å². The molecular formula is C15H19BrClN3O. The maximum Gasteiger partial charge on any atom is 0.255 e. The second kappa shape index (κ2) is 6.65. The third-order valence-corrected chi connectivity index (χ3v) is 5.20. The average Bonchev–Trinajstić information content (AvgIpc) is 3.01. The molecule has 1 unspecified atom stereocenters. The number of nitrogens with zero attached hydrogens (tertiary/aromatic N) is 2. The molecule has 3 rings (SSSR count). The highest BCUT2D eigenvalue weighted by molar-refractivity contribution is 9.10. The van der Waals surface area contributed by atoms with E-state index in [1.165, 1.54) is 6.42 Å². The monoisotopic (exact) mass is 371 g/mol. The van der Waals surface area contributed by atoms with Crippen molar-refractivity contribution >= 4 is 33.4 Å². The Morgan fingerprint density at radius 1 is 1.29 bits per heavy atom. The van der Waals surface area contributed by atoms with Gasteiger partial charge in [-0.15, -0.1) is 0 Å². The van der Waals surface area contributed by atoms with Gasteiger partial charge in [0.15, 0.2) is 0 Å². The molecule has 1 aromatic carbocycles. The predicted molar refractivity (Wildman–Crippen MR) is 87.9 cm³/mol. The van der Waals surface area contributed by atoms with Crippen LogP contribution in [0.25, 0.3) is 0 Å². The molecule has 1 amide bonds. The van der Waals surface area contributed by atoms with Gasteiger partial charge in [0.2, 0.25) is 0 Å². The van der Waals surface area contributed by atoms with Gasteiger partial charge in [-0.3, -0.25) is 9.69 Å². The fourth-order valence-corrected chi connectivity index (χ4v) is 3.93. The molecule has 2 fully saturated rings. The average molecular weight is 373 g/mol. The third-order valence-electron chi connectivity index (χ3n) is 4.31. The van der Waals surface area contributed by atoms with Crippen molar-refractivity contribution in [1.29, 1.82) is 0 Å². The topological polar surface area (TPSA) is 35.6 Å². The van der Waals surface area contributed by atoms with Gasteiger partial charge < -0.3 is 10.2 Å². The lowest BCUT2D eigenvalue weighted by molar-refractivity contribution is 0.0583. The fourth-order valence-electron chi connectivity index (χ4n) is 3.07. The Morgan fingerprint density at radius 3 is 2.67 bits per heavy atom. The summed E-state index contributed by atoms with van der Waals surface area (Å²) in [5.74, 6) is 0.0859. The maximum absolute atomic E-state index is 12.6. The van der Waals surface area contributed by atoms with E-state index in [4.69, 9.17) is 11.6 Å². The lowest BCUT2D eigenvalue weighted by Crippen LogP contribution is -2.52. The summed E-state index contributed by atoms with van der Waals surface area (Å²) in [6.45, 7) is 5.71. The van der Waals surface area contributed by atoms with E-state index in [2.05, 4.69) is 26.1 Å². The second-order valence-electron chi connectivity index (χ2n) is 5.60. The minimum atomic E-state index is 0.0859. The first-order valence-electron chi connectivity index (χ1n) is 7.34. The maximum atomic E-state index is 12.6. The predicted octanol–water partition coefficient (Wildman–Crippen LogP) is 2.22. The molecule has 114 valence electrons. The molecule has 2 heterocycles. The highest BCUT2D eigenvalue weighted by atomic mass is 79.9. The highest BCUT2D eigenvalue weighted by Gasteiger charge is 2.28. The number of halogens is 2. The minimum absolute atomic E-state index is 0.0859. The molecule has 2 saturated heterocycles. The highest BCUT2D eigenvalue weighted by Crippen LogP contribution is 2.23. The summed E-state index contributed by atoms with van der Waals surface area (Å²) < 4.78 is 0.766. The number of piperazine rings is 1. The molecule has 2 aliphatic heterocycles. The molecule has 1 aromatic rings. The van der Waals surface area contributed by atoms with Gasteiger partial charge in [0.05, 0.1) is 5.56 Å². The number of hydrogen-bond donors (Lipinski definition) is 1. The van der Waals surface area contributed by atoms with Crippen molar-refractivity contribution in [1.82, 2.24) is 15.1 Å². The number of hydrogen-bond acceptors (Lipinski definition) is 3. The summed E-state index contributed by atoms with van der Waals surface area (Å²) in [4.78, 5) is 17.0. The quantitative estimate of drug-likeness (QED) is 0.865. The molecule has 6 heteroatoms. The molecule has 2 aliphatic rings. The van der Waals surface area contributed by atoms with Crippen LogP contribution in [0.3, 0.4) is 0 Å². The van der Waals surface area contributed by atoms with Crippen LogP contribution in [0, 0.1) is 0 Å². The number of carbonyl (C=O) groups excluding carboxylic acids is 1. The van der Waals surface area contributed by atoms with Crippen molar-refractivity contribution in [2.24, 2.45) is 0 Å². The van der Waals surface area contributed by atoms with Gasteiger partial charge in [-0.1, -0.05) is 11.6 Å². The van der Waals surface area contributed by atoms with Crippen molar-refractivity contribution < 1.29 is 4.79 Å². The second-order valence-corrected chi connectivity index (χ2v) is 6.89. The summed E-state index contributed by atoms with van der Waals surface area (Å²) in [5.41, 5.74) is 0.690. The van der Waals surface area contributed by atoms with E-state index in [0.717, 1.165) is 43.7 Å². The summed E-state index contributed by atoms with van der Waals surface area (Å²) >= 11 is 9.36. The number of carbonyl (C=O) groups is 1. The van der Waals surface area contributed by atoms with Gasteiger partial charge in [0.25, 0.3) is 5.91 Å². The lowest BCUT2D eigenvalue weighted by Gasteiger charge is -2.37. The summed E-state index contributed by atoms with van der Waals surface area (Å²) in [6.07, 6.45) is 1.22. The Kier molecular flexibility index (Phi) is 4.84. The van der Waals surface area contributed by atoms with Gasteiger partial charge in [-0.05, 0) is 47.1 Å². The van der Waals surface area contributed by atoms with Gasteiger partial charge in [-0.2, -0.15) is 0 Å². The first-order valence-corrected chi connectivity index (χ1v) is 8.51. The number of benzene rings is 1. The Labute approximate surface area is 138 Å². The van der Waals surface area contributed by atoms with E-state index < -0.39 is 0 Å². The molecule has 0 aromatic heterocycles. The van der Waals surface area contributed by atoms with Crippen LogP contribution < -0.4 is 5.32 Å². The fraction of sp³-hybridized carbons (Fsp3) is 0.533. The van der Waals surface area contributed by atoms with Crippen LogP contribution in [0.1, 0.15) is 16.8 Å². The van der Waals surface area contributed by atoms with Crippen molar-refractivity contribution in [3.63, 3.8) is 0 Å². The van der Waals surface area contributed by atoms with Crippen LogP contribution in [0.5, 0.6) is 0 Å². The molecular weight excluding hydrogens is 354 g/mol. The van der Waals surface area contributed by atoms with Crippen LogP contribution in [0.4, 0.5) is 0 Å². The van der Waals surface area contributed by atoms with Gasteiger partial charge >= 0.3 is 0 Å². The molecule has 1 N–H and O–H groups in total. The zero-order valence-corrected chi connectivity index (χ0v) is 14.2. The molecule has 0 aliphatic carbocycles. The summed E-state index contributed by atoms with van der Waals surface area (Å²) in [5, 5.41) is 4.04. The number of nitrogens with one attached hydrogen (secondary N) is 1. The normalized spacial score (nSPS) is 23.5. The van der Waals surface area contributed by atoms with Crippen LogP contribution in [0.2, 0.25) is 5.02 Å². The Hall–Kier alpha value is -0.620. The Morgan fingerprint density at radius 2 is 2.05 bits per heavy atom. The molecule has 0 spiro atoms. The van der Waals surface area contributed by atoms with Crippen LogP contribution >= 0.6 is 27.5 Å². The van der Waals surface area contributed by atoms with E-state index in [0.29, 0.717) is 16.6 Å². The minimum Gasteiger partial charge on any atom is -0.336 e. The molecule has 0 saturated carbocycles. The lowest BCUT2D eigenvalue weighted by atomic mass is 10.1. The summed E-state index contributed by atoms with van der Waals surface area (Å²) in [6, 6.07) is 5.97. The largest absolute Gasteiger partial charge is 0.336 e. The Bertz CT molecular complexity index is 526. The van der Waals surface area contributed by atoms with Crippen LogP contribution in [-0.4, -0.2) is 61.0 Å². The standard InChI is InChI=1S/C15H19BrClN3O/c16-14-9-11(17)1-2-13(14)15(21)20-7-5-19(6-8-20)12-3-4-18-10-12/h1-2,9,12,18H,3-8,10H2. The molecule has 1 atom stereocenters. The SMILES string of the molecule is O=C(c1ccc(Cl)cc1Br)N1CCN(C2CCNC2)CC1. The third kappa shape index (κ3) is 3.42. The van der Waals surface area contributed by atoms with E-state index in [-0.39, 0.29) is 5.91 Å². The van der Waals surface area contributed by atoms with Crippen LogP contribution in [0.15, 0.2) is 22.7 Å². The van der Waals surface area contributed by atoms with Gasteiger partial charge in [0.1, 0.15) is 0 Å². The molecule has 0 bridgehead atoms. The van der Waals surface area contributed by atoms with E-state index in [9.17, 15) is 4.79 Å². The van der Waals surface area contributed by atoms with E-state index in [1.54, 1.807) is 18.2 Å². The number of amides is 1. The first-order chi connectivity index (χ1) is 10.1. The summed E-state index contributed by atoms with van der Waals surface area (Å²) in [7, 11) is 0. The van der Waals surface area contributed by atoms with Gasteiger partial charge in [0, 0.05) is 48.3 Å².